The maximum Gasteiger partial charge on any atom is 0.276 e. The molecule has 2 aliphatic heterocycles. The average Bonchev–Trinajstić information content (AvgIpc) is 2.98. The molecule has 4 rings (SSSR count). The topological polar surface area (TPSA) is 74.7 Å². The van der Waals surface area contributed by atoms with E-state index in [2.05, 4.69) is 9.88 Å². The van der Waals surface area contributed by atoms with Gasteiger partial charge in [0, 0.05) is 30.7 Å². The van der Waals surface area contributed by atoms with Crippen molar-refractivity contribution in [2.75, 3.05) is 19.8 Å². The molecule has 3 aliphatic rings. The molecule has 1 saturated heterocycles. The third-order valence-electron chi connectivity index (χ3n) is 5.52. The molecule has 1 amide bonds. The molecule has 118 valence electrons. The van der Waals surface area contributed by atoms with Gasteiger partial charge >= 0.3 is 0 Å². The Morgan fingerprint density at radius 1 is 1.50 bits per heavy atom. The predicted molar refractivity (Wildman–Crippen MR) is 78.5 cm³/mol. The molecular formula is C16H21N3O3. The Bertz CT molecular complexity index is 600. The van der Waals surface area contributed by atoms with E-state index in [0.717, 1.165) is 44.0 Å². The van der Waals surface area contributed by atoms with Crippen molar-refractivity contribution >= 4 is 5.91 Å². The van der Waals surface area contributed by atoms with Crippen molar-refractivity contribution in [1.29, 1.82) is 0 Å². The quantitative estimate of drug-likeness (QED) is 0.633. The fraction of sp³-hybridized carbons (Fsp3) is 0.625. The van der Waals surface area contributed by atoms with E-state index in [1.165, 1.54) is 19.3 Å². The van der Waals surface area contributed by atoms with Crippen molar-refractivity contribution in [1.82, 2.24) is 15.4 Å². The number of carbonyl (C=O) groups is 1. The van der Waals surface area contributed by atoms with Gasteiger partial charge in [0.25, 0.3) is 5.91 Å². The summed E-state index contributed by atoms with van der Waals surface area (Å²) in [6.45, 7) is 3.67. The predicted octanol–water partition coefficient (Wildman–Crippen LogP) is 1.13. The van der Waals surface area contributed by atoms with Gasteiger partial charge in [-0.25, -0.2) is 5.48 Å². The summed E-state index contributed by atoms with van der Waals surface area (Å²) in [4.78, 5) is 18.5. The molecule has 0 unspecified atom stereocenters. The number of ether oxygens (including phenoxy) is 1. The molecule has 2 N–H and O–H groups in total. The molecule has 0 radical (unpaired) electrons. The van der Waals surface area contributed by atoms with Crippen molar-refractivity contribution in [2.45, 2.75) is 38.3 Å². The highest BCUT2D eigenvalue weighted by atomic mass is 16.5. The molecule has 1 atom stereocenters. The molecule has 6 heteroatoms. The summed E-state index contributed by atoms with van der Waals surface area (Å²) in [5, 5.41) is 8.72. The molecular weight excluding hydrogens is 282 g/mol. The molecule has 22 heavy (non-hydrogen) atoms. The van der Waals surface area contributed by atoms with Gasteiger partial charge in [0.15, 0.2) is 0 Å². The Hall–Kier alpha value is -1.50. The zero-order valence-corrected chi connectivity index (χ0v) is 12.5. The normalized spacial score (nSPS) is 26.5. The van der Waals surface area contributed by atoms with E-state index in [1.807, 2.05) is 6.07 Å². The first-order valence-corrected chi connectivity index (χ1v) is 7.96. The van der Waals surface area contributed by atoms with Crippen LogP contribution >= 0.6 is 0 Å². The van der Waals surface area contributed by atoms with Crippen molar-refractivity contribution in [2.24, 2.45) is 5.41 Å². The Morgan fingerprint density at radius 2 is 2.36 bits per heavy atom. The Labute approximate surface area is 129 Å². The zero-order valence-electron chi connectivity index (χ0n) is 12.5. The number of pyridine rings is 1. The number of hydrogen-bond acceptors (Lipinski definition) is 5. The highest BCUT2D eigenvalue weighted by Crippen LogP contribution is 2.47. The number of hydroxylamine groups is 1. The molecule has 3 heterocycles. The lowest BCUT2D eigenvalue weighted by molar-refractivity contribution is -0.144. The number of rotatable bonds is 2. The van der Waals surface area contributed by atoms with Crippen LogP contribution in [0.3, 0.4) is 0 Å². The van der Waals surface area contributed by atoms with Crippen LogP contribution in [0, 0.1) is 5.41 Å². The van der Waals surface area contributed by atoms with Crippen LogP contribution in [0.25, 0.3) is 0 Å². The largest absolute Gasteiger partial charge is 0.380 e. The Balaban J connectivity index is 1.53. The number of fused-ring (bicyclic) bond motifs is 1. The van der Waals surface area contributed by atoms with Crippen LogP contribution in [0.1, 0.15) is 40.9 Å². The van der Waals surface area contributed by atoms with Gasteiger partial charge in [-0.3, -0.25) is 19.9 Å². The minimum Gasteiger partial charge on any atom is -0.380 e. The van der Waals surface area contributed by atoms with E-state index in [1.54, 1.807) is 11.7 Å². The second kappa shape index (κ2) is 5.30. The Kier molecular flexibility index (Phi) is 3.40. The average molecular weight is 303 g/mol. The molecule has 1 aromatic rings. The van der Waals surface area contributed by atoms with Gasteiger partial charge < -0.3 is 4.74 Å². The molecule has 6 nitrogen and oxygen atoms in total. The van der Waals surface area contributed by atoms with Crippen LogP contribution in [-0.2, 0) is 17.7 Å². The van der Waals surface area contributed by atoms with Crippen molar-refractivity contribution < 1.29 is 14.7 Å². The van der Waals surface area contributed by atoms with Crippen LogP contribution in [0.15, 0.2) is 12.3 Å². The van der Waals surface area contributed by atoms with Crippen LogP contribution in [-0.4, -0.2) is 46.8 Å². The molecule has 0 aromatic carbocycles. The number of carbonyl (C=O) groups excluding carboxylic acids is 1. The zero-order chi connectivity index (χ0) is 15.2. The lowest BCUT2D eigenvalue weighted by Gasteiger charge is -2.48. The van der Waals surface area contributed by atoms with Gasteiger partial charge in [0.1, 0.15) is 0 Å². The van der Waals surface area contributed by atoms with Crippen LogP contribution in [0.5, 0.6) is 0 Å². The van der Waals surface area contributed by atoms with Gasteiger partial charge in [-0.15, -0.1) is 0 Å². The first-order chi connectivity index (χ1) is 10.7. The van der Waals surface area contributed by atoms with E-state index in [4.69, 9.17) is 9.94 Å². The first-order valence-electron chi connectivity index (χ1n) is 7.96. The lowest BCUT2D eigenvalue weighted by atomic mass is 9.79. The van der Waals surface area contributed by atoms with Gasteiger partial charge in [0.05, 0.1) is 24.5 Å². The van der Waals surface area contributed by atoms with Gasteiger partial charge in [0.2, 0.25) is 0 Å². The van der Waals surface area contributed by atoms with E-state index in [9.17, 15) is 4.79 Å². The van der Waals surface area contributed by atoms with E-state index in [-0.39, 0.29) is 0 Å². The number of hydrogen-bond donors (Lipinski definition) is 2. The standard InChI is InChI=1S/C16H21N3O3/c20-15(18-21)12-6-11-3-5-19(8-13(11)17-7-12)14-2-1-4-16(14)9-22-10-16/h6-7,14,21H,1-5,8-10H2,(H,18,20)/t14-/m1/s1. The summed E-state index contributed by atoms with van der Waals surface area (Å²) in [7, 11) is 0. The van der Waals surface area contributed by atoms with Crippen LogP contribution in [0.2, 0.25) is 0 Å². The fourth-order valence-electron chi connectivity index (χ4n) is 4.28. The van der Waals surface area contributed by atoms with Crippen molar-refractivity contribution in [3.05, 3.63) is 29.1 Å². The van der Waals surface area contributed by atoms with Crippen molar-refractivity contribution in [3.63, 3.8) is 0 Å². The molecule has 2 fully saturated rings. The summed E-state index contributed by atoms with van der Waals surface area (Å²) in [6, 6.07) is 2.46. The number of nitrogens with one attached hydrogen (secondary N) is 1. The highest BCUT2D eigenvalue weighted by Gasteiger charge is 2.51. The smallest absolute Gasteiger partial charge is 0.276 e. The SMILES string of the molecule is O=C(NO)c1cnc2c(c1)CCN([C@@H]1CCCC13COC3)C2. The number of aromatic nitrogens is 1. The summed E-state index contributed by atoms with van der Waals surface area (Å²) in [5.74, 6) is -0.501. The molecule has 1 aliphatic carbocycles. The molecule has 1 aromatic heterocycles. The minimum absolute atomic E-state index is 0.383. The van der Waals surface area contributed by atoms with E-state index < -0.39 is 5.91 Å². The van der Waals surface area contributed by atoms with E-state index in [0.29, 0.717) is 17.0 Å². The summed E-state index contributed by atoms with van der Waals surface area (Å²) >= 11 is 0. The lowest BCUT2D eigenvalue weighted by Crippen LogP contribution is -2.56. The summed E-state index contributed by atoms with van der Waals surface area (Å²) in [6.07, 6.45) is 6.28. The van der Waals surface area contributed by atoms with Gasteiger partial charge in [-0.05, 0) is 30.9 Å². The number of amides is 1. The maximum absolute atomic E-state index is 11.5. The third-order valence-corrected chi connectivity index (χ3v) is 5.52. The summed E-state index contributed by atoms with van der Waals surface area (Å²) in [5.41, 5.74) is 4.64. The highest BCUT2D eigenvalue weighted by molar-refractivity contribution is 5.93. The monoisotopic (exact) mass is 303 g/mol. The minimum atomic E-state index is -0.501. The van der Waals surface area contributed by atoms with E-state index >= 15 is 0 Å². The third kappa shape index (κ3) is 2.14. The van der Waals surface area contributed by atoms with Crippen LogP contribution in [0.4, 0.5) is 0 Å². The number of nitrogens with zero attached hydrogens (tertiary/aromatic N) is 2. The second-order valence-electron chi connectivity index (χ2n) is 6.75. The maximum atomic E-state index is 11.5. The second-order valence-corrected chi connectivity index (χ2v) is 6.75. The first kappa shape index (κ1) is 14.1. The van der Waals surface area contributed by atoms with Gasteiger partial charge in [-0.1, -0.05) is 6.42 Å². The summed E-state index contributed by atoms with van der Waals surface area (Å²) < 4.78 is 5.49. The fourth-order valence-corrected chi connectivity index (χ4v) is 4.28. The molecule has 0 bridgehead atoms. The Morgan fingerprint density at radius 3 is 3.09 bits per heavy atom. The van der Waals surface area contributed by atoms with Gasteiger partial charge in [-0.2, -0.15) is 0 Å². The molecule has 1 saturated carbocycles. The van der Waals surface area contributed by atoms with Crippen LogP contribution < -0.4 is 5.48 Å². The van der Waals surface area contributed by atoms with Crippen molar-refractivity contribution in [3.8, 4) is 0 Å². The molecule has 1 spiro atoms.